The summed E-state index contributed by atoms with van der Waals surface area (Å²) in [6.07, 6.45) is -2.39. The van der Waals surface area contributed by atoms with E-state index in [0.717, 1.165) is 25.0 Å². The molecule has 3 atom stereocenters. The molecule has 2 aliphatic rings. The molecule has 1 aliphatic heterocycles. The highest BCUT2D eigenvalue weighted by atomic mass is 35.5. The number of rotatable bonds is 2. The highest BCUT2D eigenvalue weighted by Gasteiger charge is 2.45. The van der Waals surface area contributed by atoms with Crippen LogP contribution < -0.4 is 5.73 Å². The molecule has 1 amide bonds. The minimum Gasteiger partial charge on any atom is -0.341 e. The number of fused-ring (bicyclic) bond motifs is 1. The molecule has 140 valence electrons. The summed E-state index contributed by atoms with van der Waals surface area (Å²) in [5.41, 5.74) is 4.78. The van der Waals surface area contributed by atoms with E-state index in [1.54, 1.807) is 24.8 Å². The van der Waals surface area contributed by atoms with E-state index in [9.17, 15) is 18.0 Å². The number of hydrogen-bond donors (Lipinski definition) is 1. The summed E-state index contributed by atoms with van der Waals surface area (Å²) >= 11 is 0. The van der Waals surface area contributed by atoms with E-state index in [4.69, 9.17) is 5.73 Å². The largest absolute Gasteiger partial charge is 0.416 e. The van der Waals surface area contributed by atoms with Crippen LogP contribution in [0, 0.1) is 11.8 Å². The molecule has 1 aliphatic carbocycles. The fraction of sp³-hybridized carbons (Fsp3) is 0.611. The standard InChI is InChI=1S/C18H23F3N2O.ClH/c1-17(2,12-4-3-5-13(8-12)18(19,20)21)16(24)23-9-11-6-7-15(22)14(11)10-23;/h3-5,8,11,14-15H,6-7,9-10,22H2,1-2H3;1H. The molecule has 1 saturated heterocycles. The number of benzene rings is 1. The van der Waals surface area contributed by atoms with Crippen LogP contribution in [-0.2, 0) is 16.4 Å². The van der Waals surface area contributed by atoms with Crippen LogP contribution in [0.15, 0.2) is 24.3 Å². The zero-order valence-electron chi connectivity index (χ0n) is 14.3. The quantitative estimate of drug-likeness (QED) is 0.857. The Balaban J connectivity index is 0.00000225. The summed E-state index contributed by atoms with van der Waals surface area (Å²) in [7, 11) is 0. The zero-order chi connectivity index (χ0) is 17.7. The van der Waals surface area contributed by atoms with E-state index in [1.807, 2.05) is 0 Å². The van der Waals surface area contributed by atoms with Gasteiger partial charge in [0.2, 0.25) is 5.91 Å². The van der Waals surface area contributed by atoms with Crippen LogP contribution in [0.2, 0.25) is 0 Å². The van der Waals surface area contributed by atoms with Gasteiger partial charge in [0.15, 0.2) is 0 Å². The van der Waals surface area contributed by atoms with Gasteiger partial charge in [-0.2, -0.15) is 13.2 Å². The summed E-state index contributed by atoms with van der Waals surface area (Å²) in [6, 6.07) is 5.20. The summed E-state index contributed by atoms with van der Waals surface area (Å²) < 4.78 is 38.8. The maximum atomic E-state index is 13.0. The number of alkyl halides is 3. The number of nitrogens with two attached hydrogens (primary N) is 1. The average molecular weight is 377 g/mol. The first-order valence-electron chi connectivity index (χ1n) is 8.33. The smallest absolute Gasteiger partial charge is 0.341 e. The van der Waals surface area contributed by atoms with Gasteiger partial charge in [0.25, 0.3) is 0 Å². The summed E-state index contributed by atoms with van der Waals surface area (Å²) in [4.78, 5) is 14.8. The van der Waals surface area contributed by atoms with E-state index in [-0.39, 0.29) is 24.4 Å². The molecule has 3 rings (SSSR count). The molecule has 2 N–H and O–H groups in total. The van der Waals surface area contributed by atoms with Gasteiger partial charge in [0.1, 0.15) is 0 Å². The normalized spacial score (nSPS) is 26.3. The molecule has 0 bridgehead atoms. The molecule has 7 heteroatoms. The highest BCUT2D eigenvalue weighted by molar-refractivity contribution is 5.87. The lowest BCUT2D eigenvalue weighted by Crippen LogP contribution is -2.43. The van der Waals surface area contributed by atoms with Crippen LogP contribution in [0.5, 0.6) is 0 Å². The van der Waals surface area contributed by atoms with Gasteiger partial charge < -0.3 is 10.6 Å². The van der Waals surface area contributed by atoms with Gasteiger partial charge in [-0.05, 0) is 50.2 Å². The number of carbonyl (C=O) groups is 1. The third-order valence-electron chi connectivity index (χ3n) is 5.65. The minimum absolute atomic E-state index is 0. The van der Waals surface area contributed by atoms with E-state index in [1.165, 1.54) is 6.07 Å². The predicted octanol–water partition coefficient (Wildman–Crippen LogP) is 3.60. The SMILES string of the molecule is CC(C)(C(=O)N1CC2CCC(N)C2C1)c1cccc(C(F)(F)F)c1.Cl. The van der Waals surface area contributed by atoms with E-state index < -0.39 is 17.2 Å². The van der Waals surface area contributed by atoms with Crippen LogP contribution in [0.1, 0.15) is 37.8 Å². The van der Waals surface area contributed by atoms with Crippen LogP contribution in [0.3, 0.4) is 0 Å². The van der Waals surface area contributed by atoms with E-state index >= 15 is 0 Å². The van der Waals surface area contributed by atoms with Gasteiger partial charge in [-0.1, -0.05) is 18.2 Å². The monoisotopic (exact) mass is 376 g/mol. The molecule has 0 aromatic heterocycles. The maximum Gasteiger partial charge on any atom is 0.416 e. The molecule has 1 aromatic carbocycles. The molecule has 3 unspecified atom stereocenters. The van der Waals surface area contributed by atoms with E-state index in [0.29, 0.717) is 30.5 Å². The fourth-order valence-electron chi connectivity index (χ4n) is 4.08. The Labute approximate surface area is 152 Å². The van der Waals surface area contributed by atoms with Gasteiger partial charge in [-0.15, -0.1) is 12.4 Å². The predicted molar refractivity (Wildman–Crippen MR) is 92.5 cm³/mol. The van der Waals surface area contributed by atoms with Gasteiger partial charge in [-0.25, -0.2) is 0 Å². The summed E-state index contributed by atoms with van der Waals surface area (Å²) in [5, 5.41) is 0. The van der Waals surface area contributed by atoms with Crippen LogP contribution >= 0.6 is 12.4 Å². The van der Waals surface area contributed by atoms with Crippen molar-refractivity contribution in [2.75, 3.05) is 13.1 Å². The molecule has 0 radical (unpaired) electrons. The molecule has 25 heavy (non-hydrogen) atoms. The van der Waals surface area contributed by atoms with Crippen LogP contribution in [-0.4, -0.2) is 29.9 Å². The zero-order valence-corrected chi connectivity index (χ0v) is 15.2. The molecule has 1 aromatic rings. The highest BCUT2D eigenvalue weighted by Crippen LogP contribution is 2.40. The molecular formula is C18H24ClF3N2O. The number of amides is 1. The molecule has 1 saturated carbocycles. The molecule has 1 heterocycles. The second-order valence-electron chi connectivity index (χ2n) is 7.58. The Kier molecular flexibility index (Phi) is 5.45. The number of likely N-dealkylation sites (tertiary alicyclic amines) is 1. The van der Waals surface area contributed by atoms with Gasteiger partial charge in [0.05, 0.1) is 11.0 Å². The van der Waals surface area contributed by atoms with Crippen molar-refractivity contribution in [1.29, 1.82) is 0 Å². The van der Waals surface area contributed by atoms with Crippen molar-refractivity contribution in [3.05, 3.63) is 35.4 Å². The van der Waals surface area contributed by atoms with E-state index in [2.05, 4.69) is 0 Å². The number of nitrogens with zero attached hydrogens (tertiary/aromatic N) is 1. The third kappa shape index (κ3) is 3.65. The Morgan fingerprint density at radius 3 is 2.40 bits per heavy atom. The Bertz CT molecular complexity index is 647. The molecule has 0 spiro atoms. The average Bonchev–Trinajstić information content (AvgIpc) is 3.08. The van der Waals surface area contributed by atoms with Crippen LogP contribution in [0.4, 0.5) is 13.2 Å². The first-order chi connectivity index (χ1) is 11.1. The summed E-state index contributed by atoms with van der Waals surface area (Å²) in [5.74, 6) is 0.635. The lowest BCUT2D eigenvalue weighted by molar-refractivity contribution is -0.138. The Morgan fingerprint density at radius 1 is 1.16 bits per heavy atom. The van der Waals surface area contributed by atoms with Crippen molar-refractivity contribution in [1.82, 2.24) is 4.90 Å². The van der Waals surface area contributed by atoms with Crippen molar-refractivity contribution in [2.24, 2.45) is 17.6 Å². The number of carbonyl (C=O) groups excluding carboxylic acids is 1. The minimum atomic E-state index is -4.41. The lowest BCUT2D eigenvalue weighted by atomic mass is 9.82. The lowest BCUT2D eigenvalue weighted by Gasteiger charge is -2.31. The van der Waals surface area contributed by atoms with Gasteiger partial charge in [0, 0.05) is 19.1 Å². The summed E-state index contributed by atoms with van der Waals surface area (Å²) in [6.45, 7) is 4.67. The third-order valence-corrected chi connectivity index (χ3v) is 5.65. The Morgan fingerprint density at radius 2 is 1.80 bits per heavy atom. The van der Waals surface area contributed by atoms with Gasteiger partial charge in [-0.3, -0.25) is 4.79 Å². The van der Waals surface area contributed by atoms with Gasteiger partial charge >= 0.3 is 6.18 Å². The fourth-order valence-corrected chi connectivity index (χ4v) is 4.08. The second-order valence-corrected chi connectivity index (χ2v) is 7.58. The first kappa shape index (κ1) is 20.0. The van der Waals surface area contributed by atoms with Crippen molar-refractivity contribution in [3.8, 4) is 0 Å². The number of hydrogen-bond acceptors (Lipinski definition) is 2. The van der Waals surface area contributed by atoms with Crippen molar-refractivity contribution >= 4 is 18.3 Å². The number of halogens is 4. The van der Waals surface area contributed by atoms with Crippen LogP contribution in [0.25, 0.3) is 0 Å². The van der Waals surface area contributed by atoms with Crippen molar-refractivity contribution in [3.63, 3.8) is 0 Å². The Hall–Kier alpha value is -1.27. The molecule has 2 fully saturated rings. The second kappa shape index (κ2) is 6.80. The first-order valence-corrected chi connectivity index (χ1v) is 8.33. The molecule has 3 nitrogen and oxygen atoms in total. The molecular weight excluding hydrogens is 353 g/mol. The van der Waals surface area contributed by atoms with Crippen molar-refractivity contribution in [2.45, 2.75) is 44.3 Å². The maximum absolute atomic E-state index is 13.0. The van der Waals surface area contributed by atoms with Crippen molar-refractivity contribution < 1.29 is 18.0 Å². The topological polar surface area (TPSA) is 46.3 Å².